The zero-order valence-electron chi connectivity index (χ0n) is 13.8. The minimum atomic E-state index is -0.170. The van der Waals surface area contributed by atoms with Crippen molar-refractivity contribution < 1.29 is 4.52 Å². The summed E-state index contributed by atoms with van der Waals surface area (Å²) in [5.41, 5.74) is 6.10. The van der Waals surface area contributed by atoms with Gasteiger partial charge in [0.05, 0.1) is 6.04 Å². The first-order chi connectivity index (χ1) is 9.29. The van der Waals surface area contributed by atoms with Gasteiger partial charge >= 0.3 is 0 Å². The zero-order chi connectivity index (χ0) is 15.3. The van der Waals surface area contributed by atoms with Crippen LogP contribution in [0.3, 0.4) is 0 Å². The molecule has 0 aliphatic carbocycles. The molecule has 0 aliphatic heterocycles. The second kappa shape index (κ2) is 7.62. The highest BCUT2D eigenvalue weighted by Crippen LogP contribution is 2.20. The summed E-state index contributed by atoms with van der Waals surface area (Å²) >= 11 is 0. The van der Waals surface area contributed by atoms with Crippen LogP contribution >= 0.6 is 0 Å². The molecule has 0 radical (unpaired) electrons. The van der Waals surface area contributed by atoms with Crippen molar-refractivity contribution in [2.24, 2.45) is 23.5 Å². The maximum atomic E-state index is 6.10. The van der Waals surface area contributed by atoms with Gasteiger partial charge in [0, 0.05) is 13.1 Å². The van der Waals surface area contributed by atoms with Crippen molar-refractivity contribution in [1.82, 2.24) is 10.1 Å². The molecule has 5 nitrogen and oxygen atoms in total. The van der Waals surface area contributed by atoms with Crippen molar-refractivity contribution in [2.75, 3.05) is 18.0 Å². The second-order valence-electron chi connectivity index (χ2n) is 6.86. The van der Waals surface area contributed by atoms with E-state index >= 15 is 0 Å². The van der Waals surface area contributed by atoms with Crippen molar-refractivity contribution in [2.45, 2.75) is 54.0 Å². The number of anilines is 1. The van der Waals surface area contributed by atoms with Crippen LogP contribution in [0.1, 0.15) is 59.9 Å². The van der Waals surface area contributed by atoms with Crippen LogP contribution in [0, 0.1) is 17.8 Å². The molecule has 20 heavy (non-hydrogen) atoms. The number of nitrogens with zero attached hydrogens (tertiary/aromatic N) is 3. The van der Waals surface area contributed by atoms with E-state index in [2.05, 4.69) is 56.6 Å². The molecule has 0 saturated heterocycles. The fourth-order valence-corrected chi connectivity index (χ4v) is 2.23. The Hall–Kier alpha value is -1.10. The third-order valence-electron chi connectivity index (χ3n) is 2.93. The third-order valence-corrected chi connectivity index (χ3v) is 2.93. The molecule has 1 atom stereocenters. The number of hydrogen-bond donors (Lipinski definition) is 1. The lowest BCUT2D eigenvalue weighted by Gasteiger charge is -2.24. The largest absolute Gasteiger partial charge is 0.338 e. The Labute approximate surface area is 122 Å². The van der Waals surface area contributed by atoms with E-state index in [9.17, 15) is 0 Å². The molecular weight excluding hydrogens is 252 g/mol. The summed E-state index contributed by atoms with van der Waals surface area (Å²) < 4.78 is 5.34. The van der Waals surface area contributed by atoms with Crippen LogP contribution in [0.5, 0.6) is 0 Å². The number of nitrogens with two attached hydrogens (primary N) is 1. The molecule has 2 N–H and O–H groups in total. The highest BCUT2D eigenvalue weighted by atomic mass is 16.5. The smallest absolute Gasteiger partial charge is 0.266 e. The quantitative estimate of drug-likeness (QED) is 0.792. The van der Waals surface area contributed by atoms with E-state index in [1.807, 2.05) is 0 Å². The predicted octanol–water partition coefficient (Wildman–Crippen LogP) is 3.23. The minimum Gasteiger partial charge on any atom is -0.338 e. The molecule has 0 fully saturated rings. The van der Waals surface area contributed by atoms with Gasteiger partial charge in [0.15, 0.2) is 0 Å². The molecule has 0 saturated carbocycles. The minimum absolute atomic E-state index is 0.170. The molecule has 1 unspecified atom stereocenters. The summed E-state index contributed by atoms with van der Waals surface area (Å²) in [6, 6.07) is -0.170. The van der Waals surface area contributed by atoms with Gasteiger partial charge in [-0.2, -0.15) is 4.98 Å². The molecule has 0 spiro atoms. The van der Waals surface area contributed by atoms with Gasteiger partial charge < -0.3 is 15.2 Å². The van der Waals surface area contributed by atoms with Crippen molar-refractivity contribution in [3.05, 3.63) is 5.89 Å². The maximum absolute atomic E-state index is 6.10. The van der Waals surface area contributed by atoms with E-state index in [0.29, 0.717) is 29.6 Å². The molecule has 116 valence electrons. The van der Waals surface area contributed by atoms with E-state index in [0.717, 1.165) is 19.5 Å². The van der Waals surface area contributed by atoms with Gasteiger partial charge in [-0.05, 0) is 29.3 Å². The summed E-state index contributed by atoms with van der Waals surface area (Å²) in [6.07, 6.45) is 0.857. The Morgan fingerprint density at radius 2 is 1.55 bits per heavy atom. The normalized spacial score (nSPS) is 13.5. The van der Waals surface area contributed by atoms with Gasteiger partial charge in [-0.25, -0.2) is 0 Å². The Morgan fingerprint density at radius 1 is 1.00 bits per heavy atom. The molecular formula is C15H30N4O. The van der Waals surface area contributed by atoms with Gasteiger partial charge in [0.25, 0.3) is 5.95 Å². The average molecular weight is 282 g/mol. The lowest BCUT2D eigenvalue weighted by Crippen LogP contribution is -2.32. The average Bonchev–Trinajstić information content (AvgIpc) is 2.74. The first-order valence-corrected chi connectivity index (χ1v) is 7.63. The van der Waals surface area contributed by atoms with Gasteiger partial charge in [0.1, 0.15) is 0 Å². The Balaban J connectivity index is 2.79. The highest BCUT2D eigenvalue weighted by Gasteiger charge is 2.20. The summed E-state index contributed by atoms with van der Waals surface area (Å²) in [7, 11) is 0. The molecule has 0 aromatic carbocycles. The number of hydrogen-bond acceptors (Lipinski definition) is 5. The van der Waals surface area contributed by atoms with Crippen LogP contribution in [0.25, 0.3) is 0 Å². The van der Waals surface area contributed by atoms with Crippen LogP contribution in [0.15, 0.2) is 4.52 Å². The fraction of sp³-hybridized carbons (Fsp3) is 0.867. The van der Waals surface area contributed by atoms with Crippen LogP contribution in [-0.2, 0) is 0 Å². The number of aromatic nitrogens is 2. The Bertz CT molecular complexity index is 377. The second-order valence-corrected chi connectivity index (χ2v) is 6.86. The van der Waals surface area contributed by atoms with Gasteiger partial charge in [0.2, 0.25) is 5.89 Å². The summed E-state index contributed by atoms with van der Waals surface area (Å²) in [6.45, 7) is 14.9. The lowest BCUT2D eigenvalue weighted by atomic mass is 10.0. The summed E-state index contributed by atoms with van der Waals surface area (Å²) in [4.78, 5) is 6.68. The van der Waals surface area contributed by atoms with Crippen LogP contribution in [-0.4, -0.2) is 23.2 Å². The van der Waals surface area contributed by atoms with Crippen LogP contribution in [0.4, 0.5) is 5.95 Å². The van der Waals surface area contributed by atoms with E-state index in [1.54, 1.807) is 0 Å². The first kappa shape index (κ1) is 17.0. The van der Waals surface area contributed by atoms with Gasteiger partial charge in [-0.1, -0.05) is 41.5 Å². The van der Waals surface area contributed by atoms with E-state index in [4.69, 9.17) is 10.3 Å². The van der Waals surface area contributed by atoms with Crippen LogP contribution < -0.4 is 10.6 Å². The molecule has 1 aromatic heterocycles. The number of rotatable bonds is 8. The SMILES string of the molecule is CC(C)CC(N)c1nc(N(CC(C)C)CC(C)C)no1. The van der Waals surface area contributed by atoms with E-state index in [-0.39, 0.29) is 6.04 Å². The van der Waals surface area contributed by atoms with Crippen molar-refractivity contribution >= 4 is 5.95 Å². The fourth-order valence-electron chi connectivity index (χ4n) is 2.23. The first-order valence-electron chi connectivity index (χ1n) is 7.63. The van der Waals surface area contributed by atoms with Crippen molar-refractivity contribution in [1.29, 1.82) is 0 Å². The standard InChI is InChI=1S/C15H30N4O/c1-10(2)7-13(16)14-17-15(18-20-14)19(8-11(3)4)9-12(5)6/h10-13H,7-9,16H2,1-6H3. The molecule has 1 heterocycles. The topological polar surface area (TPSA) is 68.2 Å². The maximum Gasteiger partial charge on any atom is 0.266 e. The van der Waals surface area contributed by atoms with Crippen molar-refractivity contribution in [3.63, 3.8) is 0 Å². The zero-order valence-corrected chi connectivity index (χ0v) is 13.8. The Morgan fingerprint density at radius 3 is 2.00 bits per heavy atom. The van der Waals surface area contributed by atoms with Crippen molar-refractivity contribution in [3.8, 4) is 0 Å². The lowest BCUT2D eigenvalue weighted by molar-refractivity contribution is 0.334. The van der Waals surface area contributed by atoms with Gasteiger partial charge in [-0.3, -0.25) is 0 Å². The highest BCUT2D eigenvalue weighted by molar-refractivity contribution is 5.28. The summed E-state index contributed by atoms with van der Waals surface area (Å²) in [5, 5.41) is 4.11. The molecule has 1 rings (SSSR count). The predicted molar refractivity (Wildman–Crippen MR) is 82.6 cm³/mol. The molecule has 5 heteroatoms. The molecule has 0 amide bonds. The van der Waals surface area contributed by atoms with Crippen LogP contribution in [0.2, 0.25) is 0 Å². The van der Waals surface area contributed by atoms with E-state index in [1.165, 1.54) is 0 Å². The van der Waals surface area contributed by atoms with Gasteiger partial charge in [-0.15, -0.1) is 0 Å². The Kier molecular flexibility index (Phi) is 6.46. The van der Waals surface area contributed by atoms with E-state index < -0.39 is 0 Å². The third kappa shape index (κ3) is 5.49. The molecule has 0 aliphatic rings. The monoisotopic (exact) mass is 282 g/mol. The molecule has 0 bridgehead atoms. The molecule has 1 aromatic rings. The summed E-state index contributed by atoms with van der Waals surface area (Å²) in [5.74, 6) is 2.84.